The van der Waals surface area contributed by atoms with Gasteiger partial charge in [-0.25, -0.2) is 8.78 Å². The van der Waals surface area contributed by atoms with E-state index in [4.69, 9.17) is 4.74 Å². The highest BCUT2D eigenvalue weighted by atomic mass is 19.2. The Labute approximate surface area is 171 Å². The van der Waals surface area contributed by atoms with E-state index in [0.717, 1.165) is 6.07 Å². The number of amides is 1. The van der Waals surface area contributed by atoms with Crippen LogP contribution in [0.15, 0.2) is 48.0 Å². The number of allylic oxidation sites excluding steroid dienone is 1. The van der Waals surface area contributed by atoms with E-state index in [0.29, 0.717) is 61.3 Å². The Hall–Kier alpha value is -3.26. The van der Waals surface area contributed by atoms with Crippen molar-refractivity contribution in [3.63, 3.8) is 0 Å². The van der Waals surface area contributed by atoms with Gasteiger partial charge in [0.2, 0.25) is 0 Å². The lowest BCUT2D eigenvalue weighted by Gasteiger charge is -2.27. The largest absolute Gasteiger partial charge is 0.378 e. The van der Waals surface area contributed by atoms with E-state index in [1.807, 2.05) is 0 Å². The summed E-state index contributed by atoms with van der Waals surface area (Å²) < 4.78 is 35.8. The van der Waals surface area contributed by atoms with Gasteiger partial charge in [-0.2, -0.15) is 0 Å². The smallest absolute Gasteiger partial charge is 0.274 e. The average molecular weight is 413 g/mol. The van der Waals surface area contributed by atoms with Crippen LogP contribution in [0, 0.1) is 11.6 Å². The summed E-state index contributed by atoms with van der Waals surface area (Å²) in [5.74, 6) is -2.88. The Balaban J connectivity index is 1.85. The number of carbonyl (C=O) groups is 1. The van der Waals surface area contributed by atoms with Gasteiger partial charge in [0.05, 0.1) is 18.8 Å². The number of hydrogen-bond donors (Lipinski definition) is 1. The van der Waals surface area contributed by atoms with Gasteiger partial charge >= 0.3 is 0 Å². The van der Waals surface area contributed by atoms with Gasteiger partial charge in [0.1, 0.15) is 5.52 Å². The molecule has 0 radical (unpaired) electrons. The highest BCUT2D eigenvalue weighted by Crippen LogP contribution is 2.30. The monoisotopic (exact) mass is 413 g/mol. The molecule has 0 saturated carbocycles. The first-order valence-electron chi connectivity index (χ1n) is 9.69. The third-order valence-corrected chi connectivity index (χ3v) is 5.24. The SMILES string of the molecule is C=CCCn1cc(-c2cc(F)c(F)c(C(=O)N3CCOCC3)c2)c2cc[nH]c2c1=O. The average Bonchev–Trinajstić information content (AvgIpc) is 3.26. The number of nitrogens with zero attached hydrogens (tertiary/aromatic N) is 2. The van der Waals surface area contributed by atoms with E-state index in [1.165, 1.54) is 15.5 Å². The van der Waals surface area contributed by atoms with Crippen molar-refractivity contribution in [3.05, 3.63) is 70.8 Å². The number of nitrogens with one attached hydrogen (secondary N) is 1. The van der Waals surface area contributed by atoms with Crippen LogP contribution in [0.2, 0.25) is 0 Å². The molecule has 1 aromatic carbocycles. The molecule has 0 atom stereocenters. The number of aromatic nitrogens is 2. The molecule has 1 fully saturated rings. The Morgan fingerprint density at radius 1 is 1.27 bits per heavy atom. The van der Waals surface area contributed by atoms with Crippen LogP contribution in [-0.2, 0) is 11.3 Å². The van der Waals surface area contributed by atoms with Gasteiger partial charge in [-0.1, -0.05) is 6.08 Å². The lowest BCUT2D eigenvalue weighted by Crippen LogP contribution is -2.41. The maximum absolute atomic E-state index is 14.5. The third kappa shape index (κ3) is 3.54. The lowest BCUT2D eigenvalue weighted by atomic mass is 10.00. The number of morpholine rings is 1. The van der Waals surface area contributed by atoms with E-state index < -0.39 is 17.5 Å². The zero-order chi connectivity index (χ0) is 21.3. The maximum Gasteiger partial charge on any atom is 0.274 e. The van der Waals surface area contributed by atoms with Gasteiger partial charge in [-0.15, -0.1) is 6.58 Å². The van der Waals surface area contributed by atoms with E-state index in [2.05, 4.69) is 11.6 Å². The molecule has 1 amide bonds. The Kier molecular flexibility index (Phi) is 5.50. The number of hydrogen-bond acceptors (Lipinski definition) is 3. The predicted molar refractivity (Wildman–Crippen MR) is 109 cm³/mol. The maximum atomic E-state index is 14.5. The van der Waals surface area contributed by atoms with Gasteiger partial charge in [-0.05, 0) is 30.2 Å². The molecule has 8 heteroatoms. The van der Waals surface area contributed by atoms with Gasteiger partial charge < -0.3 is 19.2 Å². The molecule has 156 valence electrons. The van der Waals surface area contributed by atoms with E-state index in [9.17, 15) is 18.4 Å². The number of rotatable bonds is 5. The second kappa shape index (κ2) is 8.23. The molecule has 0 spiro atoms. The molecular weight excluding hydrogens is 392 g/mol. The normalized spacial score (nSPS) is 14.3. The zero-order valence-electron chi connectivity index (χ0n) is 16.3. The van der Waals surface area contributed by atoms with Gasteiger partial charge in [0.15, 0.2) is 11.6 Å². The minimum atomic E-state index is -1.18. The molecule has 4 rings (SSSR count). The summed E-state index contributed by atoms with van der Waals surface area (Å²) in [7, 11) is 0. The second-order valence-electron chi connectivity index (χ2n) is 7.11. The van der Waals surface area contributed by atoms with Gasteiger partial charge in [0, 0.05) is 43.0 Å². The number of fused-ring (bicyclic) bond motifs is 1. The molecule has 1 aliphatic rings. The molecule has 6 nitrogen and oxygen atoms in total. The summed E-state index contributed by atoms with van der Waals surface area (Å²) in [6.45, 7) is 5.41. The first-order valence-corrected chi connectivity index (χ1v) is 9.69. The first-order chi connectivity index (χ1) is 14.5. The summed E-state index contributed by atoms with van der Waals surface area (Å²) in [6.07, 6.45) is 5.50. The third-order valence-electron chi connectivity index (χ3n) is 5.24. The van der Waals surface area contributed by atoms with E-state index in [1.54, 1.807) is 24.5 Å². The number of halogens is 2. The van der Waals surface area contributed by atoms with Crippen molar-refractivity contribution in [1.29, 1.82) is 0 Å². The number of benzene rings is 1. The highest BCUT2D eigenvalue weighted by Gasteiger charge is 2.25. The van der Waals surface area contributed by atoms with Crippen molar-refractivity contribution in [1.82, 2.24) is 14.5 Å². The van der Waals surface area contributed by atoms with E-state index >= 15 is 0 Å². The minimum Gasteiger partial charge on any atom is -0.378 e. The molecule has 0 bridgehead atoms. The van der Waals surface area contributed by atoms with Crippen molar-refractivity contribution < 1.29 is 18.3 Å². The number of H-pyrrole nitrogens is 1. The fraction of sp³-hybridized carbons (Fsp3) is 0.273. The summed E-state index contributed by atoms with van der Waals surface area (Å²) in [6, 6.07) is 4.10. The van der Waals surface area contributed by atoms with Crippen molar-refractivity contribution >= 4 is 16.8 Å². The van der Waals surface area contributed by atoms with Crippen LogP contribution >= 0.6 is 0 Å². The van der Waals surface area contributed by atoms with Crippen LogP contribution in [0.1, 0.15) is 16.8 Å². The summed E-state index contributed by atoms with van der Waals surface area (Å²) >= 11 is 0. The topological polar surface area (TPSA) is 67.3 Å². The molecule has 0 unspecified atom stereocenters. The van der Waals surface area contributed by atoms with Crippen LogP contribution < -0.4 is 5.56 Å². The predicted octanol–water partition coefficient (Wildman–Crippen LogP) is 3.32. The van der Waals surface area contributed by atoms with Crippen LogP contribution in [0.4, 0.5) is 8.78 Å². The summed E-state index contributed by atoms with van der Waals surface area (Å²) in [5, 5.41) is 0.575. The second-order valence-corrected chi connectivity index (χ2v) is 7.11. The van der Waals surface area contributed by atoms with Crippen LogP contribution in [0.3, 0.4) is 0 Å². The lowest BCUT2D eigenvalue weighted by molar-refractivity contribution is 0.0299. The van der Waals surface area contributed by atoms with Crippen LogP contribution in [-0.4, -0.2) is 46.7 Å². The van der Waals surface area contributed by atoms with Crippen molar-refractivity contribution in [2.24, 2.45) is 0 Å². The summed E-state index contributed by atoms with van der Waals surface area (Å²) in [4.78, 5) is 29.9. The Morgan fingerprint density at radius 3 is 2.77 bits per heavy atom. The molecule has 2 aromatic heterocycles. The quantitative estimate of drug-likeness (QED) is 0.653. The first kappa shape index (κ1) is 20.0. The number of aryl methyl sites for hydroxylation is 1. The molecule has 30 heavy (non-hydrogen) atoms. The Morgan fingerprint density at radius 2 is 2.03 bits per heavy atom. The fourth-order valence-corrected chi connectivity index (χ4v) is 3.66. The van der Waals surface area contributed by atoms with Crippen molar-refractivity contribution in [2.75, 3.05) is 26.3 Å². The number of ether oxygens (including phenoxy) is 1. The molecule has 0 aliphatic carbocycles. The van der Waals surface area contributed by atoms with Crippen molar-refractivity contribution in [2.45, 2.75) is 13.0 Å². The molecule has 1 aliphatic heterocycles. The number of carbonyl (C=O) groups excluding carboxylic acids is 1. The standard InChI is InChI=1S/C22H21F2N3O3/c1-2-3-6-27-13-17(15-4-5-25-20(15)22(27)29)14-11-16(19(24)18(23)12-14)21(28)26-7-9-30-10-8-26/h2,4-5,11-13,25H,1,3,6-10H2. The van der Waals surface area contributed by atoms with Gasteiger partial charge in [-0.3, -0.25) is 9.59 Å². The zero-order valence-corrected chi connectivity index (χ0v) is 16.3. The molecule has 1 N–H and O–H groups in total. The highest BCUT2D eigenvalue weighted by molar-refractivity contribution is 5.99. The van der Waals surface area contributed by atoms with Crippen molar-refractivity contribution in [3.8, 4) is 11.1 Å². The molecule has 3 heterocycles. The van der Waals surface area contributed by atoms with Crippen LogP contribution in [0.25, 0.3) is 22.0 Å². The molecule has 1 saturated heterocycles. The summed E-state index contributed by atoms with van der Waals surface area (Å²) in [5.41, 5.74) is 0.668. The van der Waals surface area contributed by atoms with Gasteiger partial charge in [0.25, 0.3) is 11.5 Å². The fourth-order valence-electron chi connectivity index (χ4n) is 3.66. The minimum absolute atomic E-state index is 0.215. The Bertz CT molecular complexity index is 1180. The van der Waals surface area contributed by atoms with E-state index in [-0.39, 0.29) is 11.1 Å². The number of pyridine rings is 1. The molecular formula is C22H21F2N3O3. The number of aromatic amines is 1. The molecule has 3 aromatic rings. The van der Waals surface area contributed by atoms with Crippen LogP contribution in [0.5, 0.6) is 0 Å².